The topological polar surface area (TPSA) is 58.1 Å². The van der Waals surface area contributed by atoms with Gasteiger partial charge in [0.15, 0.2) is 11.5 Å². The number of nitrogens with zero attached hydrogens (tertiary/aromatic N) is 3. The zero-order valence-corrected chi connectivity index (χ0v) is 21.2. The number of benzene rings is 2. The van der Waals surface area contributed by atoms with Gasteiger partial charge < -0.3 is 14.6 Å². The van der Waals surface area contributed by atoms with Gasteiger partial charge in [0.2, 0.25) is 0 Å². The Morgan fingerprint density at radius 3 is 2.57 bits per heavy atom. The Hall–Kier alpha value is -2.64. The van der Waals surface area contributed by atoms with Gasteiger partial charge in [0.1, 0.15) is 6.23 Å². The Morgan fingerprint density at radius 2 is 1.83 bits per heavy atom. The zero-order chi connectivity index (χ0) is 24.5. The summed E-state index contributed by atoms with van der Waals surface area (Å²) < 4.78 is 11.1. The molecule has 1 aromatic heterocycles. The normalized spacial score (nSPS) is 21.2. The number of aliphatic hydroxyl groups is 1. The highest BCUT2D eigenvalue weighted by Gasteiger charge is 2.38. The molecule has 184 valence electrons. The molecule has 0 saturated heterocycles. The number of pyridine rings is 1. The first kappa shape index (κ1) is 24.1. The Kier molecular flexibility index (Phi) is 6.98. The molecule has 0 spiro atoms. The summed E-state index contributed by atoms with van der Waals surface area (Å²) in [6.45, 7) is 4.35. The van der Waals surface area contributed by atoms with Crippen molar-refractivity contribution in [3.63, 3.8) is 0 Å². The van der Waals surface area contributed by atoms with Crippen molar-refractivity contribution in [2.75, 3.05) is 20.8 Å². The number of halogens is 1. The number of fused-ring (bicyclic) bond motifs is 2. The van der Waals surface area contributed by atoms with E-state index in [1.54, 1.807) is 26.6 Å². The minimum atomic E-state index is -0.639. The van der Waals surface area contributed by atoms with E-state index in [9.17, 15) is 5.11 Å². The summed E-state index contributed by atoms with van der Waals surface area (Å²) in [5.41, 5.74) is 6.04. The Bertz CT molecular complexity index is 1200. The van der Waals surface area contributed by atoms with Gasteiger partial charge in [0.05, 0.1) is 25.3 Å². The van der Waals surface area contributed by atoms with Crippen LogP contribution < -0.4 is 9.47 Å². The fourth-order valence-electron chi connectivity index (χ4n) is 5.57. The van der Waals surface area contributed by atoms with Gasteiger partial charge in [0, 0.05) is 38.1 Å². The smallest absolute Gasteiger partial charge is 0.161 e. The van der Waals surface area contributed by atoms with Crippen LogP contribution in [-0.4, -0.2) is 52.9 Å². The minimum absolute atomic E-state index is 0.0390. The van der Waals surface area contributed by atoms with Crippen LogP contribution in [-0.2, 0) is 25.9 Å². The molecular weight excluding hydrogens is 462 g/mol. The van der Waals surface area contributed by atoms with Crippen LogP contribution in [0.25, 0.3) is 0 Å². The van der Waals surface area contributed by atoms with E-state index in [-0.39, 0.29) is 12.1 Å². The van der Waals surface area contributed by atoms with Crippen LogP contribution in [0.5, 0.6) is 11.5 Å². The molecule has 2 aromatic carbocycles. The molecule has 2 aliphatic heterocycles. The van der Waals surface area contributed by atoms with Crippen molar-refractivity contribution in [3.8, 4) is 11.5 Å². The number of methoxy groups -OCH3 is 2. The molecule has 0 saturated carbocycles. The van der Waals surface area contributed by atoms with E-state index in [0.29, 0.717) is 11.6 Å². The van der Waals surface area contributed by atoms with Gasteiger partial charge in [-0.15, -0.1) is 0 Å². The van der Waals surface area contributed by atoms with E-state index in [1.165, 1.54) is 22.3 Å². The number of hydrogen-bond donors (Lipinski definition) is 1. The van der Waals surface area contributed by atoms with E-state index in [0.717, 1.165) is 43.0 Å². The molecule has 0 fully saturated rings. The van der Waals surface area contributed by atoms with E-state index in [1.807, 2.05) is 6.07 Å². The lowest BCUT2D eigenvalue weighted by molar-refractivity contribution is -0.0888. The summed E-state index contributed by atoms with van der Waals surface area (Å²) in [6.07, 6.45) is 4.44. The van der Waals surface area contributed by atoms with Gasteiger partial charge >= 0.3 is 0 Å². The van der Waals surface area contributed by atoms with E-state index in [2.05, 4.69) is 58.1 Å². The first-order valence-electron chi connectivity index (χ1n) is 12.1. The van der Waals surface area contributed by atoms with Crippen molar-refractivity contribution in [2.24, 2.45) is 0 Å². The maximum Gasteiger partial charge on any atom is 0.161 e. The molecule has 0 amide bonds. The molecule has 3 aromatic rings. The lowest BCUT2D eigenvalue weighted by atomic mass is 9.89. The maximum atomic E-state index is 11.8. The molecule has 5 rings (SSSR count). The number of rotatable bonds is 6. The van der Waals surface area contributed by atoms with Crippen LogP contribution in [0.2, 0.25) is 5.02 Å². The van der Waals surface area contributed by atoms with Crippen molar-refractivity contribution in [3.05, 3.63) is 87.7 Å². The third-order valence-electron chi connectivity index (χ3n) is 7.54. The standard InChI is InChI=1S/C28H32ClN3O3/c1-18-23-14-27(35-3)26(34-2)13-20(23)9-11-32(18)28(33)25-12-19-6-4-5-7-21(19)16-31(25)17-22-8-10-30-15-24(22)29/h4-8,10,13-15,18,25,28,33H,9,11-12,16-17H2,1-3H3. The van der Waals surface area contributed by atoms with Crippen molar-refractivity contribution in [1.82, 2.24) is 14.8 Å². The van der Waals surface area contributed by atoms with Crippen molar-refractivity contribution in [2.45, 2.75) is 51.2 Å². The molecule has 35 heavy (non-hydrogen) atoms. The zero-order valence-electron chi connectivity index (χ0n) is 20.4. The lowest BCUT2D eigenvalue weighted by Crippen LogP contribution is -2.56. The van der Waals surface area contributed by atoms with Crippen LogP contribution in [0.4, 0.5) is 0 Å². The molecule has 6 nitrogen and oxygen atoms in total. The molecule has 0 aliphatic carbocycles. The van der Waals surface area contributed by atoms with Crippen molar-refractivity contribution in [1.29, 1.82) is 0 Å². The average Bonchev–Trinajstić information content (AvgIpc) is 2.88. The second kappa shape index (κ2) is 10.2. The quantitative estimate of drug-likeness (QED) is 0.541. The third kappa shape index (κ3) is 4.64. The minimum Gasteiger partial charge on any atom is -0.493 e. The summed E-state index contributed by atoms with van der Waals surface area (Å²) >= 11 is 6.47. The summed E-state index contributed by atoms with van der Waals surface area (Å²) in [7, 11) is 3.32. The second-order valence-electron chi connectivity index (χ2n) is 9.40. The van der Waals surface area contributed by atoms with Gasteiger partial charge in [-0.25, -0.2) is 0 Å². The third-order valence-corrected chi connectivity index (χ3v) is 7.88. The van der Waals surface area contributed by atoms with Crippen LogP contribution in [0, 0.1) is 0 Å². The molecular formula is C28H32ClN3O3. The van der Waals surface area contributed by atoms with E-state index < -0.39 is 6.23 Å². The highest BCUT2D eigenvalue weighted by Crippen LogP contribution is 2.40. The first-order valence-corrected chi connectivity index (χ1v) is 12.5. The molecule has 0 radical (unpaired) electrons. The Balaban J connectivity index is 1.45. The fraction of sp³-hybridized carbons (Fsp3) is 0.393. The molecule has 7 heteroatoms. The highest BCUT2D eigenvalue weighted by atomic mass is 35.5. The number of aliphatic hydroxyl groups excluding tert-OH is 1. The van der Waals surface area contributed by atoms with E-state index >= 15 is 0 Å². The molecule has 3 unspecified atom stereocenters. The van der Waals surface area contributed by atoms with Gasteiger partial charge in [-0.05, 0) is 65.8 Å². The second-order valence-corrected chi connectivity index (χ2v) is 9.80. The van der Waals surface area contributed by atoms with Crippen molar-refractivity contribution < 1.29 is 14.6 Å². The predicted octanol–water partition coefficient (Wildman–Crippen LogP) is 4.62. The lowest BCUT2D eigenvalue weighted by Gasteiger charge is -2.46. The molecule has 3 heterocycles. The fourth-order valence-corrected chi connectivity index (χ4v) is 5.75. The van der Waals surface area contributed by atoms with Gasteiger partial charge in [-0.2, -0.15) is 0 Å². The molecule has 3 atom stereocenters. The van der Waals surface area contributed by atoms with Gasteiger partial charge in [0.25, 0.3) is 0 Å². The Morgan fingerprint density at radius 1 is 1.09 bits per heavy atom. The highest BCUT2D eigenvalue weighted by molar-refractivity contribution is 6.31. The SMILES string of the molecule is COc1cc2c(cc1OC)C(C)N(C(O)C1Cc3ccccc3CN1Cc1ccncc1Cl)CC2. The van der Waals surface area contributed by atoms with E-state index in [4.69, 9.17) is 21.1 Å². The maximum absolute atomic E-state index is 11.8. The largest absolute Gasteiger partial charge is 0.493 e. The Labute approximate surface area is 212 Å². The average molecular weight is 494 g/mol. The molecule has 0 bridgehead atoms. The molecule has 1 N–H and O–H groups in total. The van der Waals surface area contributed by atoms with Gasteiger partial charge in [-0.1, -0.05) is 35.9 Å². The number of ether oxygens (including phenoxy) is 2. The number of hydrogen-bond acceptors (Lipinski definition) is 6. The van der Waals surface area contributed by atoms with Gasteiger partial charge in [-0.3, -0.25) is 14.8 Å². The van der Waals surface area contributed by atoms with Crippen LogP contribution in [0.1, 0.15) is 40.8 Å². The summed E-state index contributed by atoms with van der Waals surface area (Å²) in [6, 6.07) is 14.6. The summed E-state index contributed by atoms with van der Waals surface area (Å²) in [4.78, 5) is 8.70. The van der Waals surface area contributed by atoms with Crippen LogP contribution in [0.15, 0.2) is 54.9 Å². The first-order chi connectivity index (χ1) is 17.0. The number of aromatic nitrogens is 1. The predicted molar refractivity (Wildman–Crippen MR) is 137 cm³/mol. The van der Waals surface area contributed by atoms with Crippen LogP contribution >= 0.6 is 11.6 Å². The molecule has 2 aliphatic rings. The van der Waals surface area contributed by atoms with Crippen LogP contribution in [0.3, 0.4) is 0 Å². The monoisotopic (exact) mass is 493 g/mol. The van der Waals surface area contributed by atoms with Crippen molar-refractivity contribution >= 4 is 11.6 Å². The summed E-state index contributed by atoms with van der Waals surface area (Å²) in [5, 5.41) is 12.5. The summed E-state index contributed by atoms with van der Waals surface area (Å²) in [5.74, 6) is 1.46.